The SMILES string of the molecule is O=C(Nc1ccc(N2CCC2)nc1)c1cc2nc(C(F)(F)F)ccc2n1Cc1ccc(F)cc1.O=C(O)C(F)(F)F. The molecule has 8 nitrogen and oxygen atoms in total. The molecule has 15 heteroatoms. The Hall–Kier alpha value is -4.69. The van der Waals surface area contributed by atoms with Gasteiger partial charge in [-0.3, -0.25) is 4.79 Å². The summed E-state index contributed by atoms with van der Waals surface area (Å²) in [5.74, 6) is -2.87. The highest BCUT2D eigenvalue weighted by molar-refractivity contribution is 6.06. The van der Waals surface area contributed by atoms with Crippen LogP contribution in [0.3, 0.4) is 0 Å². The number of hydrogen-bond acceptors (Lipinski definition) is 5. The number of carbonyl (C=O) groups is 2. The number of alkyl halides is 6. The van der Waals surface area contributed by atoms with Gasteiger partial charge < -0.3 is 19.9 Å². The van der Waals surface area contributed by atoms with Crippen molar-refractivity contribution in [2.75, 3.05) is 23.3 Å². The number of carboxylic acids is 1. The Morgan fingerprint density at radius 3 is 2.12 bits per heavy atom. The Labute approximate surface area is 227 Å². The van der Waals surface area contributed by atoms with Crippen molar-refractivity contribution in [3.63, 3.8) is 0 Å². The van der Waals surface area contributed by atoms with Crippen LogP contribution in [0.4, 0.5) is 42.2 Å². The molecule has 0 spiro atoms. The number of halogens is 7. The molecular weight excluding hydrogens is 563 g/mol. The molecule has 41 heavy (non-hydrogen) atoms. The van der Waals surface area contributed by atoms with Crippen LogP contribution >= 0.6 is 0 Å². The molecule has 0 bridgehead atoms. The number of hydrogen-bond donors (Lipinski definition) is 2. The van der Waals surface area contributed by atoms with E-state index in [1.807, 2.05) is 0 Å². The minimum absolute atomic E-state index is 0.0355. The third kappa shape index (κ3) is 7.10. The van der Waals surface area contributed by atoms with Crippen molar-refractivity contribution in [3.8, 4) is 0 Å². The lowest BCUT2D eigenvalue weighted by Crippen LogP contribution is -2.37. The maximum Gasteiger partial charge on any atom is 0.490 e. The van der Waals surface area contributed by atoms with Crippen LogP contribution in [-0.2, 0) is 17.5 Å². The fraction of sp³-hybridized carbons (Fsp3) is 0.231. The molecule has 0 unspecified atom stereocenters. The molecule has 4 aromatic rings. The number of amides is 1. The van der Waals surface area contributed by atoms with Gasteiger partial charge in [0.15, 0.2) is 0 Å². The number of fused-ring (bicyclic) bond motifs is 1. The van der Waals surface area contributed by atoms with Crippen LogP contribution < -0.4 is 10.2 Å². The Morgan fingerprint density at radius 2 is 1.61 bits per heavy atom. The highest BCUT2D eigenvalue weighted by Crippen LogP contribution is 2.30. The highest BCUT2D eigenvalue weighted by atomic mass is 19.4. The molecule has 1 aliphatic rings. The van der Waals surface area contributed by atoms with Gasteiger partial charge in [0.25, 0.3) is 5.91 Å². The number of rotatable bonds is 5. The second kappa shape index (κ2) is 11.4. The summed E-state index contributed by atoms with van der Waals surface area (Å²) in [4.78, 5) is 32.2. The van der Waals surface area contributed by atoms with Gasteiger partial charge in [0.1, 0.15) is 23.0 Å². The zero-order valence-corrected chi connectivity index (χ0v) is 20.8. The normalized spacial score (nSPS) is 13.3. The lowest BCUT2D eigenvalue weighted by Gasteiger charge is -2.31. The van der Waals surface area contributed by atoms with E-state index in [9.17, 15) is 35.5 Å². The van der Waals surface area contributed by atoms with Gasteiger partial charge in [0.2, 0.25) is 0 Å². The van der Waals surface area contributed by atoms with Crippen molar-refractivity contribution < 1.29 is 45.4 Å². The van der Waals surface area contributed by atoms with Crippen molar-refractivity contribution in [1.29, 1.82) is 0 Å². The number of carboxylic acid groups (broad SMARTS) is 1. The molecule has 0 aliphatic carbocycles. The molecule has 1 amide bonds. The molecule has 216 valence electrons. The average Bonchev–Trinajstić information content (AvgIpc) is 3.22. The minimum atomic E-state index is -5.08. The second-order valence-corrected chi connectivity index (χ2v) is 8.84. The van der Waals surface area contributed by atoms with E-state index in [4.69, 9.17) is 9.90 Å². The summed E-state index contributed by atoms with van der Waals surface area (Å²) in [5.41, 5.74) is 0.599. The first-order valence-electron chi connectivity index (χ1n) is 11.9. The van der Waals surface area contributed by atoms with Crippen LogP contribution in [0, 0.1) is 5.82 Å². The van der Waals surface area contributed by atoms with Crippen LogP contribution in [0.1, 0.15) is 28.2 Å². The number of benzene rings is 1. The Bertz CT molecular complexity index is 1550. The summed E-state index contributed by atoms with van der Waals surface area (Å²) in [6, 6.07) is 12.7. The number of pyridine rings is 2. The molecule has 5 rings (SSSR count). The molecular formula is C26H20F7N5O3. The zero-order valence-electron chi connectivity index (χ0n) is 20.8. The Morgan fingerprint density at radius 1 is 0.951 bits per heavy atom. The summed E-state index contributed by atoms with van der Waals surface area (Å²) in [6.07, 6.45) is -7.04. The van der Waals surface area contributed by atoms with Gasteiger partial charge in [-0.25, -0.2) is 19.2 Å². The maximum absolute atomic E-state index is 13.3. The predicted molar refractivity (Wildman–Crippen MR) is 133 cm³/mol. The molecule has 0 saturated carbocycles. The first-order valence-corrected chi connectivity index (χ1v) is 11.9. The van der Waals surface area contributed by atoms with E-state index in [1.165, 1.54) is 24.3 Å². The van der Waals surface area contributed by atoms with Crippen LogP contribution in [0.25, 0.3) is 11.0 Å². The van der Waals surface area contributed by atoms with Gasteiger partial charge in [-0.15, -0.1) is 0 Å². The summed E-state index contributed by atoms with van der Waals surface area (Å²) in [5, 5.41) is 9.88. The van der Waals surface area contributed by atoms with Gasteiger partial charge in [-0.1, -0.05) is 12.1 Å². The van der Waals surface area contributed by atoms with Crippen LogP contribution in [0.5, 0.6) is 0 Å². The van der Waals surface area contributed by atoms with Crippen LogP contribution in [0.2, 0.25) is 0 Å². The van der Waals surface area contributed by atoms with Gasteiger partial charge in [-0.2, -0.15) is 26.3 Å². The molecule has 0 radical (unpaired) electrons. The van der Waals surface area contributed by atoms with E-state index in [1.54, 1.807) is 35.0 Å². The maximum atomic E-state index is 13.3. The largest absolute Gasteiger partial charge is 0.490 e. The second-order valence-electron chi connectivity index (χ2n) is 8.84. The first kappa shape index (κ1) is 29.3. The molecule has 1 saturated heterocycles. The van der Waals surface area contributed by atoms with E-state index in [2.05, 4.69) is 20.2 Å². The van der Waals surface area contributed by atoms with Crippen LogP contribution in [0.15, 0.2) is 60.8 Å². The third-order valence-corrected chi connectivity index (χ3v) is 5.96. The molecule has 1 aliphatic heterocycles. The van der Waals surface area contributed by atoms with E-state index in [0.717, 1.165) is 31.4 Å². The van der Waals surface area contributed by atoms with Crippen molar-refractivity contribution in [3.05, 3.63) is 83.6 Å². The van der Waals surface area contributed by atoms with E-state index in [-0.39, 0.29) is 17.8 Å². The summed E-state index contributed by atoms with van der Waals surface area (Å²) in [6.45, 7) is 2.02. The van der Waals surface area contributed by atoms with Crippen LogP contribution in [-0.4, -0.2) is 50.8 Å². The molecule has 0 atom stereocenters. The van der Waals surface area contributed by atoms with Gasteiger partial charge in [0, 0.05) is 19.6 Å². The summed E-state index contributed by atoms with van der Waals surface area (Å²) >= 11 is 0. The third-order valence-electron chi connectivity index (χ3n) is 5.96. The number of nitrogens with zero attached hydrogens (tertiary/aromatic N) is 4. The van der Waals surface area contributed by atoms with Gasteiger partial charge >= 0.3 is 18.3 Å². The number of carbonyl (C=O) groups excluding carboxylic acids is 1. The minimum Gasteiger partial charge on any atom is -0.475 e. The number of anilines is 2. The lowest BCUT2D eigenvalue weighted by atomic mass is 10.2. The topological polar surface area (TPSA) is 100 Å². The molecule has 2 N–H and O–H groups in total. The smallest absolute Gasteiger partial charge is 0.475 e. The fourth-order valence-electron chi connectivity index (χ4n) is 3.82. The molecule has 1 fully saturated rings. The molecule has 1 aromatic carbocycles. The Balaban J connectivity index is 0.000000493. The number of nitrogens with one attached hydrogen (secondary N) is 1. The molecule has 4 heterocycles. The summed E-state index contributed by atoms with van der Waals surface area (Å²) < 4.78 is 86.2. The average molecular weight is 583 g/mol. The quantitative estimate of drug-likeness (QED) is 0.291. The zero-order chi connectivity index (χ0) is 29.9. The van der Waals surface area contributed by atoms with E-state index in [0.29, 0.717) is 16.8 Å². The number of aromatic nitrogens is 3. The first-order chi connectivity index (χ1) is 19.2. The van der Waals surface area contributed by atoms with E-state index >= 15 is 0 Å². The van der Waals surface area contributed by atoms with Crippen molar-refractivity contribution in [1.82, 2.24) is 14.5 Å². The van der Waals surface area contributed by atoms with E-state index < -0.39 is 35.7 Å². The standard InChI is InChI=1S/C24H19F4N5O.C2HF3O2/c25-16-4-2-15(3-5-16)14-33-19-7-8-21(24(26,27)28)31-18(19)12-20(33)23(34)30-17-6-9-22(29-13-17)32-10-1-11-32;3-2(4,5)1(6)7/h2-9,12-13H,1,10-11,14H2,(H,30,34);(H,6,7). The predicted octanol–water partition coefficient (Wildman–Crippen LogP) is 5.73. The van der Waals surface area contributed by atoms with Crippen molar-refractivity contribution in [2.24, 2.45) is 0 Å². The highest BCUT2D eigenvalue weighted by Gasteiger charge is 2.38. The lowest BCUT2D eigenvalue weighted by molar-refractivity contribution is -0.192. The Kier molecular flexibility index (Phi) is 8.17. The van der Waals surface area contributed by atoms with Gasteiger partial charge in [-0.05, 0) is 54.4 Å². The summed E-state index contributed by atoms with van der Waals surface area (Å²) in [7, 11) is 0. The van der Waals surface area contributed by atoms with Crippen molar-refractivity contribution in [2.45, 2.75) is 25.3 Å². The fourth-order valence-corrected chi connectivity index (χ4v) is 3.82. The molecule has 3 aromatic heterocycles. The number of aliphatic carboxylic acids is 1. The van der Waals surface area contributed by atoms with Crippen molar-refractivity contribution >= 4 is 34.4 Å². The monoisotopic (exact) mass is 583 g/mol. The van der Waals surface area contributed by atoms with Gasteiger partial charge in [0.05, 0.1) is 22.9 Å².